The van der Waals surface area contributed by atoms with E-state index in [1.807, 2.05) is 0 Å². The van der Waals surface area contributed by atoms with Gasteiger partial charge in [-0.25, -0.2) is 0 Å². The van der Waals surface area contributed by atoms with Crippen LogP contribution in [0.25, 0.3) is 0 Å². The van der Waals surface area contributed by atoms with Crippen LogP contribution in [0.4, 0.5) is 0 Å². The quantitative estimate of drug-likeness (QED) is 0.179. The molecule has 0 radical (unpaired) electrons. The van der Waals surface area contributed by atoms with Gasteiger partial charge in [-0.3, -0.25) is 0 Å². The molecule has 9 unspecified atom stereocenters. The third kappa shape index (κ3) is 55.1. The molecule has 1 aromatic carbocycles. The smallest absolute Gasteiger partial charge is 0.00169 e. The van der Waals surface area contributed by atoms with Crippen LogP contribution in [0.3, 0.4) is 0 Å². The molecule has 27 fully saturated rings. The molecule has 150 heavy (non-hydrogen) atoms. The second-order valence-electron chi connectivity index (χ2n) is 55.3. The Bertz CT molecular complexity index is 3430. The van der Waals surface area contributed by atoms with E-state index < -0.39 is 0 Å². The molecule has 36 rings (SSSR count). The second-order valence-corrected chi connectivity index (χ2v) is 55.3. The summed E-state index contributed by atoms with van der Waals surface area (Å²) in [5, 5.41) is 0. The van der Waals surface area contributed by atoms with Crippen molar-refractivity contribution in [2.75, 3.05) is 0 Å². The van der Waals surface area contributed by atoms with E-state index in [4.69, 9.17) is 0 Å². The van der Waals surface area contributed by atoms with Gasteiger partial charge in [0.1, 0.15) is 0 Å². The Morgan fingerprint density at radius 1 is 0.160 bits per heavy atom. The number of hydrogen-bond donors (Lipinski definition) is 0. The summed E-state index contributed by atoms with van der Waals surface area (Å²) < 4.78 is 0. The van der Waals surface area contributed by atoms with Crippen LogP contribution in [0.15, 0.2) is 145 Å². The fraction of sp³-hybridized carbons (Fsp3) is 0.827. The first kappa shape index (κ1) is 124. The van der Waals surface area contributed by atoms with Gasteiger partial charge in [0.15, 0.2) is 0 Å². The Kier molecular flexibility index (Phi) is 66.2. The number of fused-ring (bicyclic) bond motifs is 17. The Hall–Kier alpha value is -3.38. The molecule has 0 saturated heterocycles. The summed E-state index contributed by atoms with van der Waals surface area (Å²) in [5.41, 5.74) is 4.83. The average molecular weight is 2050 g/mol. The molecule has 0 amide bonds. The topological polar surface area (TPSA) is 0 Å². The van der Waals surface area contributed by atoms with Crippen molar-refractivity contribution in [2.45, 2.75) is 661 Å². The molecular formula is C150H250. The minimum Gasteiger partial charge on any atom is -0.0885 e. The van der Waals surface area contributed by atoms with Crippen LogP contribution in [-0.2, 0) is 12.8 Å². The van der Waals surface area contributed by atoms with Crippen LogP contribution >= 0.6 is 0 Å². The summed E-state index contributed by atoms with van der Waals surface area (Å²) in [4.78, 5) is 0. The zero-order valence-electron chi connectivity index (χ0n) is 99.7. The molecule has 1 aromatic rings. The first-order valence-corrected chi connectivity index (χ1v) is 70.2. The van der Waals surface area contributed by atoms with Crippen molar-refractivity contribution >= 4 is 0 Å². The number of benzene rings is 1. The Balaban J connectivity index is 0.000000131. The average Bonchev–Trinajstić information content (AvgIpc) is 1.64. The van der Waals surface area contributed by atoms with Crippen LogP contribution in [-0.4, -0.2) is 0 Å². The van der Waals surface area contributed by atoms with Crippen LogP contribution in [0.1, 0.15) is 660 Å². The predicted octanol–water partition coefficient (Wildman–Crippen LogP) is 49.2. The van der Waals surface area contributed by atoms with Gasteiger partial charge in [0, 0.05) is 0 Å². The van der Waals surface area contributed by atoms with Crippen molar-refractivity contribution in [2.24, 2.45) is 124 Å². The summed E-state index contributed by atoms with van der Waals surface area (Å²) in [6.45, 7) is 0. The van der Waals surface area contributed by atoms with E-state index in [1.54, 1.807) is 229 Å². The SMILES string of the molecule is C1=CC2CCC1C2.C1=CC2CCCC2=C1.C1=CC2CCCCC2C1.C1=CCC=CC1.C1=CCCC1.C1=CCCC=C1.C1=CCCCC1.C1CC1.C1CC2CC(C1)C2.C1CC2CC2C1.C1CC2CCC1C2.C1CC2CCC1CC2.C1CC2CCCC2C1.C1CCC1.C1CCC2CCCC2C1.C1CCC2CCCCC2C1.C1CCCC1.C1CCCCC1.C1CCCCCC1.C1CCCCCCC1.C1C[C@H]2C[C@@H]12.c1ccc2c(c1)CCCC2. The van der Waals surface area contributed by atoms with E-state index in [0.29, 0.717) is 0 Å². The van der Waals surface area contributed by atoms with E-state index in [0.717, 1.165) is 66.1 Å². The fourth-order valence-corrected chi connectivity index (χ4v) is 31.9. The van der Waals surface area contributed by atoms with Gasteiger partial charge in [-0.15, -0.1) is 0 Å². The van der Waals surface area contributed by atoms with Gasteiger partial charge in [0.2, 0.25) is 0 Å². The first-order valence-electron chi connectivity index (χ1n) is 70.2. The lowest BCUT2D eigenvalue weighted by atomic mass is 9.65. The summed E-state index contributed by atoms with van der Waals surface area (Å²) in [6, 6.07) is 8.80. The Morgan fingerprint density at radius 2 is 0.467 bits per heavy atom. The van der Waals surface area contributed by atoms with Gasteiger partial charge < -0.3 is 0 Å². The molecule has 0 spiro atoms. The van der Waals surface area contributed by atoms with Gasteiger partial charge in [-0.05, 0) is 334 Å². The van der Waals surface area contributed by atoms with Crippen LogP contribution in [0.2, 0.25) is 0 Å². The minimum atomic E-state index is 0.856. The van der Waals surface area contributed by atoms with Crippen molar-refractivity contribution < 1.29 is 0 Å². The molecule has 0 N–H and O–H groups in total. The van der Waals surface area contributed by atoms with E-state index in [1.165, 1.54) is 508 Å². The lowest BCUT2D eigenvalue weighted by Crippen LogP contribution is -2.28. The van der Waals surface area contributed by atoms with Crippen molar-refractivity contribution in [3.8, 4) is 0 Å². The normalized spacial score (nSPS) is 34.3. The maximum Gasteiger partial charge on any atom is -0.00169 e. The molecule has 0 heteroatoms. The number of hydrogen-bond acceptors (Lipinski definition) is 0. The molecule has 8 bridgehead atoms. The number of aryl methyl sites for hydroxylation is 2. The highest BCUT2D eigenvalue weighted by atomic mass is 14.5. The molecule has 0 aliphatic heterocycles. The van der Waals surface area contributed by atoms with Crippen LogP contribution in [0, 0.1) is 124 Å². The summed E-state index contributed by atoms with van der Waals surface area (Å²) in [6.07, 6.45) is 196. The third-order valence-corrected chi connectivity index (χ3v) is 43.0. The fourth-order valence-electron chi connectivity index (χ4n) is 31.9. The molecule has 27 saturated carbocycles. The zero-order valence-corrected chi connectivity index (χ0v) is 99.7. The summed E-state index contributed by atoms with van der Waals surface area (Å²) >= 11 is 0. The summed E-state index contributed by atoms with van der Waals surface area (Å²) in [5.74, 6) is 23.8. The van der Waals surface area contributed by atoms with Gasteiger partial charge in [-0.1, -0.05) is 608 Å². The predicted molar refractivity (Wildman–Crippen MR) is 664 cm³/mol. The van der Waals surface area contributed by atoms with Crippen molar-refractivity contribution in [3.63, 3.8) is 0 Å². The van der Waals surface area contributed by atoms with Crippen molar-refractivity contribution in [1.29, 1.82) is 0 Å². The zero-order chi connectivity index (χ0) is 103. The molecule has 35 aliphatic carbocycles. The Labute approximate surface area is 935 Å². The van der Waals surface area contributed by atoms with E-state index >= 15 is 0 Å². The third-order valence-electron chi connectivity index (χ3n) is 43.0. The van der Waals surface area contributed by atoms with E-state index in [-0.39, 0.29) is 0 Å². The van der Waals surface area contributed by atoms with Gasteiger partial charge in [-0.2, -0.15) is 0 Å². The van der Waals surface area contributed by atoms with Gasteiger partial charge >= 0.3 is 0 Å². The van der Waals surface area contributed by atoms with E-state index in [9.17, 15) is 0 Å². The van der Waals surface area contributed by atoms with E-state index in [2.05, 4.69) is 140 Å². The van der Waals surface area contributed by atoms with Crippen molar-refractivity contribution in [1.82, 2.24) is 0 Å². The molecule has 850 valence electrons. The maximum absolute atomic E-state index is 2.43. The first-order chi connectivity index (χ1) is 74.5. The summed E-state index contributed by atoms with van der Waals surface area (Å²) in [7, 11) is 0. The van der Waals surface area contributed by atoms with Gasteiger partial charge in [0.25, 0.3) is 0 Å². The lowest BCUT2D eigenvalue weighted by Gasteiger charge is -2.40. The monoisotopic (exact) mass is 2050 g/mol. The van der Waals surface area contributed by atoms with Gasteiger partial charge in [0.05, 0.1) is 0 Å². The molecule has 11 atom stereocenters. The highest BCUT2D eigenvalue weighted by Crippen LogP contribution is 2.56. The minimum absolute atomic E-state index is 0.856. The molecule has 0 aromatic heterocycles. The molecular weight excluding hydrogens is 1800 g/mol. The number of rotatable bonds is 0. The highest BCUT2D eigenvalue weighted by Gasteiger charge is 2.45. The molecule has 35 aliphatic rings. The standard InChI is InChI=1S/C10H18.C10H12.C9H16.C9H14.C8H14.C8H10.C8H14.C8H16.C7H12.C7H10.C7H12.C7H14.C6H10.C6H12.C6H10.2C6H8.C5H8.C5H10.C5H8.C4H8.C3H6/c2*1-2-6-10-8-4-3-7-9(10)5-1;2*1-2-5-9-7-3-6-8(9)4-1;2*1-3-7-5-2-6-8(7)4-1;1-2-8-5-3-7(1)4-6-8;1-2-4-6-8-7-5-3-1;2*1-2-7-4-3-6(1)5-7;1-2-6-4-7(3-1)5-6;1-2-4-6-7-5-3-1;1-2-5-4-6(5)3-1;4*1-2-4-6-5-3-1;1-2-5-3-4(1)5;2*1-2-4-5-3-1;1-2-4-3-1;1-2-3-1/h9-10H,1-8H2;1-2,5-6H,3-4,7-8H2;8-9H,1-7H2;3,6,8-9H,1-2,4-5,7H2;7-8H,1-6H2;1,3-4,7H,2,5-6H2;7-8H,1-6H2;1-8H2;6-7H,1-5H2;1-2,6-7H,3-5H2;6-7H,1-5H2;1-7H2;5-6H,1-4H2;1-6H2;1-2H,3-6H2;1-2,5-6H,3-4H2;1-4H,5-6H2;4-5H,1-3H2;1-5H2;1-2H,3-5H2;1-4H2;1-3H2/t;;;;;;;;;;;;;;;;;4-,5+;;;;. The Morgan fingerprint density at radius 3 is 0.693 bits per heavy atom. The molecule has 0 nitrogen and oxygen atoms in total. The number of allylic oxidation sites excluding steroid dienone is 20. The van der Waals surface area contributed by atoms with Crippen molar-refractivity contribution in [3.05, 3.63) is 156 Å². The maximum atomic E-state index is 2.43. The molecule has 0 heterocycles. The lowest BCUT2D eigenvalue weighted by molar-refractivity contribution is 0.116. The highest BCUT2D eigenvalue weighted by molar-refractivity contribution is 5.30. The largest absolute Gasteiger partial charge is 0.0885 e. The van der Waals surface area contributed by atoms with Crippen LogP contribution in [0.5, 0.6) is 0 Å². The van der Waals surface area contributed by atoms with Crippen LogP contribution < -0.4 is 0 Å². The second kappa shape index (κ2) is 80.4.